The Balaban J connectivity index is 2.39. The summed E-state index contributed by atoms with van der Waals surface area (Å²) in [6.07, 6.45) is 2.68. The highest BCUT2D eigenvalue weighted by Gasteiger charge is 2.36. The van der Waals surface area contributed by atoms with Gasteiger partial charge in [0.15, 0.2) is 0 Å². The van der Waals surface area contributed by atoms with Gasteiger partial charge in [0.05, 0.1) is 4.90 Å². The lowest BCUT2D eigenvalue weighted by Crippen LogP contribution is -2.44. The average Bonchev–Trinajstić information content (AvgIpc) is 2.65. The summed E-state index contributed by atoms with van der Waals surface area (Å²) in [5.74, 6) is -1.07. The fourth-order valence-electron chi connectivity index (χ4n) is 2.36. The molecular weight excluding hydrogens is 393 g/mol. The summed E-state index contributed by atoms with van der Waals surface area (Å²) in [5, 5.41) is 9.28. The Morgan fingerprint density at radius 3 is 2.45 bits per heavy atom. The molecule has 2 rings (SSSR count). The smallest absolute Gasteiger partial charge is 0.322 e. The van der Waals surface area contributed by atoms with Gasteiger partial charge >= 0.3 is 5.97 Å². The normalized spacial score (nSPS) is 21.4. The molecule has 1 aliphatic heterocycles. The number of rotatable bonds is 3. The summed E-state index contributed by atoms with van der Waals surface area (Å²) < 4.78 is 27.3. The zero-order valence-corrected chi connectivity index (χ0v) is 13.8. The number of carboxylic acids is 1. The van der Waals surface area contributed by atoms with Gasteiger partial charge in [-0.15, -0.1) is 0 Å². The highest BCUT2D eigenvalue weighted by molar-refractivity contribution is 14.1. The van der Waals surface area contributed by atoms with Gasteiger partial charge in [-0.2, -0.15) is 4.31 Å². The lowest BCUT2D eigenvalue weighted by molar-refractivity contribution is -0.141. The van der Waals surface area contributed by atoms with Crippen molar-refractivity contribution >= 4 is 38.6 Å². The molecule has 0 aromatic heterocycles. The number of hydrogen-bond donors (Lipinski definition) is 1. The van der Waals surface area contributed by atoms with Crippen molar-refractivity contribution in [1.29, 1.82) is 0 Å². The Bertz CT molecular complexity index is 585. The molecule has 0 spiro atoms. The second kappa shape index (κ2) is 6.40. The molecule has 0 bridgehead atoms. The molecule has 0 saturated carbocycles. The van der Waals surface area contributed by atoms with E-state index in [-0.39, 0.29) is 11.4 Å². The van der Waals surface area contributed by atoms with Gasteiger partial charge in [0.2, 0.25) is 10.0 Å². The van der Waals surface area contributed by atoms with Crippen molar-refractivity contribution in [3.05, 3.63) is 27.8 Å². The second-order valence-electron chi connectivity index (χ2n) is 4.77. The van der Waals surface area contributed by atoms with Crippen molar-refractivity contribution in [2.75, 3.05) is 6.54 Å². The first-order chi connectivity index (χ1) is 9.43. The maximum absolute atomic E-state index is 12.6. The van der Waals surface area contributed by atoms with Gasteiger partial charge in [-0.05, 0) is 59.7 Å². The third kappa shape index (κ3) is 3.32. The molecular formula is C13H16INO4S. The summed E-state index contributed by atoms with van der Waals surface area (Å²) in [4.78, 5) is 11.5. The Kier molecular flexibility index (Phi) is 5.03. The van der Waals surface area contributed by atoms with Gasteiger partial charge < -0.3 is 5.11 Å². The van der Waals surface area contributed by atoms with Crippen LogP contribution in [0.25, 0.3) is 0 Å². The summed E-state index contributed by atoms with van der Waals surface area (Å²) in [5.41, 5.74) is 0. The molecule has 0 aliphatic carbocycles. The first-order valence-corrected chi connectivity index (χ1v) is 8.95. The van der Waals surface area contributed by atoms with E-state index in [1.54, 1.807) is 12.1 Å². The Morgan fingerprint density at radius 2 is 1.85 bits per heavy atom. The van der Waals surface area contributed by atoms with E-state index in [1.807, 2.05) is 0 Å². The van der Waals surface area contributed by atoms with Gasteiger partial charge in [0.1, 0.15) is 6.04 Å². The molecule has 1 aromatic rings. The number of benzene rings is 1. The topological polar surface area (TPSA) is 74.7 Å². The van der Waals surface area contributed by atoms with Gasteiger partial charge in [-0.1, -0.05) is 12.8 Å². The summed E-state index contributed by atoms with van der Waals surface area (Å²) in [7, 11) is -3.75. The molecule has 1 heterocycles. The zero-order valence-electron chi connectivity index (χ0n) is 10.8. The zero-order chi connectivity index (χ0) is 14.8. The van der Waals surface area contributed by atoms with Gasteiger partial charge in [-0.25, -0.2) is 8.42 Å². The molecule has 1 saturated heterocycles. The van der Waals surface area contributed by atoms with E-state index < -0.39 is 22.0 Å². The van der Waals surface area contributed by atoms with Crippen LogP contribution in [-0.2, 0) is 14.8 Å². The fraction of sp³-hybridized carbons (Fsp3) is 0.462. The lowest BCUT2D eigenvalue weighted by Gasteiger charge is -2.26. The van der Waals surface area contributed by atoms with Crippen molar-refractivity contribution in [3.63, 3.8) is 0 Å². The Hall–Kier alpha value is -0.670. The second-order valence-corrected chi connectivity index (χ2v) is 7.91. The van der Waals surface area contributed by atoms with Crippen LogP contribution >= 0.6 is 22.6 Å². The molecule has 1 unspecified atom stereocenters. The van der Waals surface area contributed by atoms with Gasteiger partial charge in [-0.3, -0.25) is 4.79 Å². The molecule has 1 aromatic carbocycles. The van der Waals surface area contributed by atoms with Crippen LogP contribution < -0.4 is 0 Å². The van der Waals surface area contributed by atoms with E-state index in [1.165, 1.54) is 12.1 Å². The number of sulfonamides is 1. The number of nitrogens with zero attached hydrogens (tertiary/aromatic N) is 1. The minimum Gasteiger partial charge on any atom is -0.480 e. The van der Waals surface area contributed by atoms with Crippen LogP contribution in [-0.4, -0.2) is 36.4 Å². The maximum Gasteiger partial charge on any atom is 0.322 e. The van der Waals surface area contributed by atoms with Crippen molar-refractivity contribution in [3.8, 4) is 0 Å². The van der Waals surface area contributed by atoms with Crippen molar-refractivity contribution in [2.24, 2.45) is 0 Å². The molecule has 7 heteroatoms. The Morgan fingerprint density at radius 1 is 1.20 bits per heavy atom. The van der Waals surface area contributed by atoms with E-state index in [4.69, 9.17) is 0 Å². The molecule has 5 nitrogen and oxygen atoms in total. The van der Waals surface area contributed by atoms with Crippen molar-refractivity contribution in [1.82, 2.24) is 4.31 Å². The molecule has 110 valence electrons. The predicted octanol–water partition coefficient (Wildman–Crippen LogP) is 2.31. The minimum atomic E-state index is -3.75. The number of carboxylic acid groups (broad SMARTS) is 1. The van der Waals surface area contributed by atoms with Crippen LogP contribution in [0.3, 0.4) is 0 Å². The molecule has 1 fully saturated rings. The number of hydrogen-bond acceptors (Lipinski definition) is 3. The van der Waals surface area contributed by atoms with E-state index in [9.17, 15) is 18.3 Å². The largest absolute Gasteiger partial charge is 0.480 e. The van der Waals surface area contributed by atoms with E-state index in [0.717, 1.165) is 20.7 Å². The third-order valence-corrected chi connectivity index (χ3v) is 6.05. The number of aliphatic carboxylic acids is 1. The van der Waals surface area contributed by atoms with Gasteiger partial charge in [0, 0.05) is 10.1 Å². The van der Waals surface area contributed by atoms with Crippen LogP contribution in [0.2, 0.25) is 0 Å². The molecule has 1 aliphatic rings. The minimum absolute atomic E-state index is 0.158. The summed E-state index contributed by atoms with van der Waals surface area (Å²) in [6, 6.07) is 5.52. The highest BCUT2D eigenvalue weighted by atomic mass is 127. The monoisotopic (exact) mass is 409 g/mol. The predicted molar refractivity (Wildman–Crippen MR) is 82.9 cm³/mol. The van der Waals surface area contributed by atoms with Crippen molar-refractivity contribution in [2.45, 2.75) is 36.6 Å². The molecule has 1 N–H and O–H groups in total. The molecule has 1 atom stereocenters. The fourth-order valence-corrected chi connectivity index (χ4v) is 4.37. The number of carbonyl (C=O) groups is 1. The van der Waals surface area contributed by atoms with Crippen LogP contribution in [0.4, 0.5) is 0 Å². The lowest BCUT2D eigenvalue weighted by atomic mass is 10.1. The van der Waals surface area contributed by atoms with Crippen LogP contribution in [0.1, 0.15) is 25.7 Å². The molecule has 0 radical (unpaired) electrons. The van der Waals surface area contributed by atoms with Crippen LogP contribution in [0.5, 0.6) is 0 Å². The van der Waals surface area contributed by atoms with Gasteiger partial charge in [0.25, 0.3) is 0 Å². The Labute approximate surface area is 132 Å². The van der Waals surface area contributed by atoms with E-state index >= 15 is 0 Å². The van der Waals surface area contributed by atoms with Crippen molar-refractivity contribution < 1.29 is 18.3 Å². The molecule has 0 amide bonds. The van der Waals surface area contributed by atoms with E-state index in [0.29, 0.717) is 12.8 Å². The maximum atomic E-state index is 12.6. The average molecular weight is 409 g/mol. The van der Waals surface area contributed by atoms with Crippen LogP contribution in [0, 0.1) is 3.57 Å². The van der Waals surface area contributed by atoms with Crippen LogP contribution in [0.15, 0.2) is 29.2 Å². The third-order valence-electron chi connectivity index (χ3n) is 3.41. The first-order valence-electron chi connectivity index (χ1n) is 6.43. The quantitative estimate of drug-likeness (QED) is 0.778. The number of halogens is 1. The standard InChI is InChI=1S/C13H16INO4S/c14-10-5-7-11(8-6-10)20(18,19)15-9-3-1-2-4-12(15)13(16)17/h5-8,12H,1-4,9H2,(H,16,17). The summed E-state index contributed by atoms with van der Waals surface area (Å²) >= 11 is 2.10. The highest BCUT2D eigenvalue weighted by Crippen LogP contribution is 2.25. The van der Waals surface area contributed by atoms with E-state index in [2.05, 4.69) is 22.6 Å². The molecule has 20 heavy (non-hydrogen) atoms. The summed E-state index contributed by atoms with van der Waals surface area (Å²) in [6.45, 7) is 0.269. The SMILES string of the molecule is O=C(O)C1CCCCCN1S(=O)(=O)c1ccc(I)cc1. The first kappa shape index (κ1) is 15.7.